The van der Waals surface area contributed by atoms with Gasteiger partial charge in [-0.3, -0.25) is 0 Å². The van der Waals surface area contributed by atoms with Crippen LogP contribution in [0.5, 0.6) is 5.75 Å². The fourth-order valence-electron chi connectivity index (χ4n) is 1.71. The lowest BCUT2D eigenvalue weighted by molar-refractivity contribution is 0.342. The molecule has 0 amide bonds. The van der Waals surface area contributed by atoms with Gasteiger partial charge in [-0.25, -0.2) is 13.8 Å². The van der Waals surface area contributed by atoms with Gasteiger partial charge in [-0.2, -0.15) is 0 Å². The lowest BCUT2D eigenvalue weighted by atomic mass is 10.3. The predicted molar refractivity (Wildman–Crippen MR) is 74.6 cm³/mol. The van der Waals surface area contributed by atoms with Crippen molar-refractivity contribution in [2.45, 2.75) is 6.92 Å². The molecular weight excluding hydrogens is 264 g/mol. The molecule has 1 aromatic carbocycles. The maximum Gasteiger partial charge on any atom is 0.169 e. The van der Waals surface area contributed by atoms with Gasteiger partial charge in [0.05, 0.1) is 12.3 Å². The van der Waals surface area contributed by atoms with Gasteiger partial charge in [0.2, 0.25) is 0 Å². The third-order valence-corrected chi connectivity index (χ3v) is 2.61. The van der Waals surface area contributed by atoms with Crippen molar-refractivity contribution in [3.8, 4) is 5.75 Å². The smallest absolute Gasteiger partial charge is 0.169 e. The second-order valence-electron chi connectivity index (χ2n) is 3.95. The molecule has 0 bridgehead atoms. The molecule has 0 aliphatic rings. The van der Waals surface area contributed by atoms with Crippen molar-refractivity contribution < 1.29 is 13.5 Å². The van der Waals surface area contributed by atoms with Gasteiger partial charge in [0, 0.05) is 13.1 Å². The number of nitrogens with zero attached hydrogens (tertiary/aromatic N) is 1. The van der Waals surface area contributed by atoms with Crippen molar-refractivity contribution >= 4 is 17.3 Å². The monoisotopic (exact) mass is 279 g/mol. The van der Waals surface area contributed by atoms with Gasteiger partial charge in [0.15, 0.2) is 23.3 Å². The predicted octanol–water partition coefficient (Wildman–Crippen LogP) is 3.54. The third-order valence-electron chi connectivity index (χ3n) is 2.61. The van der Waals surface area contributed by atoms with Gasteiger partial charge in [-0.1, -0.05) is 12.1 Å². The molecule has 0 radical (unpaired) electrons. The summed E-state index contributed by atoms with van der Waals surface area (Å²) in [5.74, 6) is -1.03. The molecule has 0 spiro atoms. The van der Waals surface area contributed by atoms with Crippen molar-refractivity contribution in [1.29, 1.82) is 0 Å². The Labute approximate surface area is 115 Å². The molecule has 20 heavy (non-hydrogen) atoms. The van der Waals surface area contributed by atoms with E-state index in [0.717, 1.165) is 6.07 Å². The standard InChI is InChI=1S/C14H15F2N3O/c1-3-20-12-7-5-4-6-11(12)18-14-10(16)8-9(15)13(17-2)19-14/h4-8H,3H2,1-2H3,(H2,17,18,19). The van der Waals surface area contributed by atoms with Crippen LogP contribution in [0, 0.1) is 11.6 Å². The maximum atomic E-state index is 13.7. The van der Waals surface area contributed by atoms with Crippen LogP contribution in [0.15, 0.2) is 30.3 Å². The number of ether oxygens (including phenoxy) is 1. The fraction of sp³-hybridized carbons (Fsp3) is 0.214. The van der Waals surface area contributed by atoms with Gasteiger partial charge >= 0.3 is 0 Å². The summed E-state index contributed by atoms with van der Waals surface area (Å²) in [6.07, 6.45) is 0. The van der Waals surface area contributed by atoms with E-state index in [-0.39, 0.29) is 11.6 Å². The molecule has 6 heteroatoms. The number of para-hydroxylation sites is 2. The van der Waals surface area contributed by atoms with Crippen molar-refractivity contribution in [2.24, 2.45) is 0 Å². The average molecular weight is 279 g/mol. The Hall–Kier alpha value is -2.37. The lowest BCUT2D eigenvalue weighted by Gasteiger charge is -2.13. The van der Waals surface area contributed by atoms with Crippen LogP contribution < -0.4 is 15.4 Å². The highest BCUT2D eigenvalue weighted by Gasteiger charge is 2.12. The fourth-order valence-corrected chi connectivity index (χ4v) is 1.71. The minimum Gasteiger partial charge on any atom is -0.492 e. The van der Waals surface area contributed by atoms with Crippen LogP contribution in [-0.2, 0) is 0 Å². The summed E-state index contributed by atoms with van der Waals surface area (Å²) in [4.78, 5) is 3.86. The number of benzene rings is 1. The third kappa shape index (κ3) is 2.96. The molecule has 0 aliphatic carbocycles. The zero-order chi connectivity index (χ0) is 14.5. The summed E-state index contributed by atoms with van der Waals surface area (Å²) in [6.45, 7) is 2.34. The number of hydrogen-bond acceptors (Lipinski definition) is 4. The van der Waals surface area contributed by atoms with Crippen LogP contribution in [0.1, 0.15) is 6.92 Å². The van der Waals surface area contributed by atoms with Crippen LogP contribution >= 0.6 is 0 Å². The van der Waals surface area contributed by atoms with E-state index in [9.17, 15) is 8.78 Å². The van der Waals surface area contributed by atoms with E-state index >= 15 is 0 Å². The Balaban J connectivity index is 2.35. The molecule has 0 fully saturated rings. The number of nitrogens with one attached hydrogen (secondary N) is 2. The molecule has 2 N–H and O–H groups in total. The zero-order valence-electron chi connectivity index (χ0n) is 11.2. The normalized spacial score (nSPS) is 10.2. The number of aromatic nitrogens is 1. The number of hydrogen-bond donors (Lipinski definition) is 2. The highest BCUT2D eigenvalue weighted by atomic mass is 19.1. The first-order chi connectivity index (χ1) is 9.65. The largest absolute Gasteiger partial charge is 0.492 e. The molecule has 0 aliphatic heterocycles. The molecule has 4 nitrogen and oxygen atoms in total. The number of halogens is 2. The highest BCUT2D eigenvalue weighted by Crippen LogP contribution is 2.28. The summed E-state index contributed by atoms with van der Waals surface area (Å²) < 4.78 is 32.5. The van der Waals surface area contributed by atoms with Crippen molar-refractivity contribution in [2.75, 3.05) is 24.3 Å². The van der Waals surface area contributed by atoms with E-state index in [1.165, 1.54) is 7.05 Å². The van der Waals surface area contributed by atoms with Gasteiger partial charge in [0.25, 0.3) is 0 Å². The lowest BCUT2D eigenvalue weighted by Crippen LogP contribution is -2.04. The number of rotatable bonds is 5. The maximum absolute atomic E-state index is 13.7. The SMILES string of the molecule is CCOc1ccccc1Nc1nc(NC)c(F)cc1F. The molecule has 1 heterocycles. The van der Waals surface area contributed by atoms with E-state index in [4.69, 9.17) is 4.74 Å². The van der Waals surface area contributed by atoms with Gasteiger partial charge in [-0.05, 0) is 19.1 Å². The minimum absolute atomic E-state index is 0.0252. The Morgan fingerprint density at radius 3 is 2.55 bits per heavy atom. The first kappa shape index (κ1) is 14.0. The van der Waals surface area contributed by atoms with Crippen LogP contribution in [0.4, 0.5) is 26.1 Å². The van der Waals surface area contributed by atoms with E-state index in [2.05, 4.69) is 15.6 Å². The van der Waals surface area contributed by atoms with E-state index in [1.807, 2.05) is 13.0 Å². The van der Waals surface area contributed by atoms with Crippen molar-refractivity contribution in [3.63, 3.8) is 0 Å². The molecule has 2 aromatic rings. The van der Waals surface area contributed by atoms with Gasteiger partial charge < -0.3 is 15.4 Å². The summed E-state index contributed by atoms with van der Waals surface area (Å²) in [7, 11) is 1.52. The Bertz CT molecular complexity index is 605. The topological polar surface area (TPSA) is 46.2 Å². The van der Waals surface area contributed by atoms with Crippen LogP contribution in [0.2, 0.25) is 0 Å². The molecular formula is C14H15F2N3O. The zero-order valence-corrected chi connectivity index (χ0v) is 11.2. The van der Waals surface area contributed by atoms with Crippen molar-refractivity contribution in [1.82, 2.24) is 4.98 Å². The van der Waals surface area contributed by atoms with Crippen molar-refractivity contribution in [3.05, 3.63) is 42.0 Å². The van der Waals surface area contributed by atoms with Crippen LogP contribution in [0.25, 0.3) is 0 Å². The average Bonchev–Trinajstić information content (AvgIpc) is 2.44. The first-order valence-electron chi connectivity index (χ1n) is 6.18. The summed E-state index contributed by atoms with van der Waals surface area (Å²) >= 11 is 0. The van der Waals surface area contributed by atoms with Crippen LogP contribution in [0.3, 0.4) is 0 Å². The van der Waals surface area contributed by atoms with Gasteiger partial charge in [-0.15, -0.1) is 0 Å². The molecule has 0 saturated heterocycles. The van der Waals surface area contributed by atoms with E-state index < -0.39 is 11.6 Å². The van der Waals surface area contributed by atoms with Gasteiger partial charge in [0.1, 0.15) is 5.75 Å². The molecule has 2 rings (SSSR count). The van der Waals surface area contributed by atoms with Crippen LogP contribution in [-0.4, -0.2) is 18.6 Å². The first-order valence-corrected chi connectivity index (χ1v) is 6.18. The molecule has 0 unspecified atom stereocenters. The quantitative estimate of drug-likeness (QED) is 0.878. The summed E-state index contributed by atoms with van der Waals surface area (Å²) in [5.41, 5.74) is 0.564. The number of pyridine rings is 1. The van der Waals surface area contributed by atoms with E-state index in [0.29, 0.717) is 18.0 Å². The highest BCUT2D eigenvalue weighted by molar-refractivity contribution is 5.65. The Morgan fingerprint density at radius 1 is 1.15 bits per heavy atom. The summed E-state index contributed by atoms with van der Waals surface area (Å²) in [6, 6.07) is 7.86. The molecule has 0 atom stereocenters. The molecule has 1 aromatic heterocycles. The minimum atomic E-state index is -0.771. The number of anilines is 3. The second-order valence-corrected chi connectivity index (χ2v) is 3.95. The van der Waals surface area contributed by atoms with E-state index in [1.54, 1.807) is 18.2 Å². The second kappa shape index (κ2) is 6.18. The molecule has 0 saturated carbocycles. The Morgan fingerprint density at radius 2 is 1.85 bits per heavy atom. The summed E-state index contributed by atoms with van der Waals surface area (Å²) in [5, 5.41) is 5.37. The molecule has 106 valence electrons. The Kier molecular flexibility index (Phi) is 4.34.